The summed E-state index contributed by atoms with van der Waals surface area (Å²) in [4.78, 5) is 25.0. The zero-order valence-corrected chi connectivity index (χ0v) is 14.6. The number of rotatable bonds is 7. The van der Waals surface area contributed by atoms with Crippen LogP contribution in [0.1, 0.15) is 48.8 Å². The third-order valence-corrected chi connectivity index (χ3v) is 4.99. The summed E-state index contributed by atoms with van der Waals surface area (Å²) in [5.41, 5.74) is 0.983. The molecule has 2 heterocycles. The van der Waals surface area contributed by atoms with Gasteiger partial charge in [0, 0.05) is 19.6 Å². The van der Waals surface area contributed by atoms with E-state index in [2.05, 4.69) is 41.0 Å². The highest BCUT2D eigenvalue weighted by Crippen LogP contribution is 2.34. The minimum absolute atomic E-state index is 0.000512. The summed E-state index contributed by atoms with van der Waals surface area (Å²) in [5.74, 6) is 0.927. The summed E-state index contributed by atoms with van der Waals surface area (Å²) in [5, 5.41) is 4.00. The molecule has 2 aromatic heterocycles. The van der Waals surface area contributed by atoms with Gasteiger partial charge in [0.2, 0.25) is 0 Å². The van der Waals surface area contributed by atoms with E-state index < -0.39 is 0 Å². The van der Waals surface area contributed by atoms with Gasteiger partial charge in [-0.15, -0.1) is 11.3 Å². The molecule has 0 aliphatic heterocycles. The lowest BCUT2D eigenvalue weighted by Crippen LogP contribution is -2.24. The van der Waals surface area contributed by atoms with Crippen molar-refractivity contribution < 1.29 is 4.79 Å². The SMILES string of the molecule is CCCCNC(=O)c1sc2ncnc(N(CC)CC)c2c1C. The summed E-state index contributed by atoms with van der Waals surface area (Å²) in [6.07, 6.45) is 3.66. The first kappa shape index (κ1) is 16.7. The van der Waals surface area contributed by atoms with Crippen LogP contribution >= 0.6 is 11.3 Å². The molecule has 6 heteroatoms. The number of aromatic nitrogens is 2. The molecular formula is C16H24N4OS. The highest BCUT2D eigenvalue weighted by atomic mass is 32.1. The van der Waals surface area contributed by atoms with Gasteiger partial charge in [0.05, 0.1) is 10.3 Å². The maximum Gasteiger partial charge on any atom is 0.261 e. The standard InChI is InChI=1S/C16H24N4OS/c1-5-8-9-17-15(21)13-11(4)12-14(20(6-2)7-3)18-10-19-16(12)22-13/h10H,5-9H2,1-4H3,(H,17,21). The van der Waals surface area contributed by atoms with Gasteiger partial charge in [-0.2, -0.15) is 0 Å². The van der Waals surface area contributed by atoms with Crippen molar-refractivity contribution in [3.63, 3.8) is 0 Å². The molecule has 0 fully saturated rings. The van der Waals surface area contributed by atoms with E-state index in [4.69, 9.17) is 0 Å². The van der Waals surface area contributed by atoms with Crippen LogP contribution in [0.2, 0.25) is 0 Å². The molecule has 22 heavy (non-hydrogen) atoms. The summed E-state index contributed by atoms with van der Waals surface area (Å²) >= 11 is 1.45. The number of amides is 1. The lowest BCUT2D eigenvalue weighted by Gasteiger charge is -2.20. The molecule has 0 aliphatic rings. The molecule has 0 saturated carbocycles. The van der Waals surface area contributed by atoms with E-state index in [0.29, 0.717) is 0 Å². The van der Waals surface area contributed by atoms with Gasteiger partial charge in [-0.05, 0) is 32.8 Å². The molecule has 0 spiro atoms. The Morgan fingerprint density at radius 2 is 2.00 bits per heavy atom. The molecule has 0 aromatic carbocycles. The number of aryl methyl sites for hydroxylation is 1. The smallest absolute Gasteiger partial charge is 0.261 e. The number of carbonyl (C=O) groups is 1. The molecule has 1 amide bonds. The highest BCUT2D eigenvalue weighted by molar-refractivity contribution is 7.20. The summed E-state index contributed by atoms with van der Waals surface area (Å²) in [7, 11) is 0. The van der Waals surface area contributed by atoms with Crippen molar-refractivity contribution in [3.05, 3.63) is 16.8 Å². The average molecular weight is 320 g/mol. The van der Waals surface area contributed by atoms with E-state index in [9.17, 15) is 4.79 Å². The first-order valence-corrected chi connectivity index (χ1v) is 8.72. The Morgan fingerprint density at radius 1 is 1.27 bits per heavy atom. The van der Waals surface area contributed by atoms with Crippen LogP contribution in [0, 0.1) is 6.92 Å². The Balaban J connectivity index is 2.41. The molecule has 120 valence electrons. The molecule has 0 unspecified atom stereocenters. The van der Waals surface area contributed by atoms with Crippen LogP contribution in [-0.2, 0) is 0 Å². The molecule has 0 atom stereocenters. The van der Waals surface area contributed by atoms with Crippen LogP contribution in [0.4, 0.5) is 5.82 Å². The van der Waals surface area contributed by atoms with Gasteiger partial charge < -0.3 is 10.2 Å². The van der Waals surface area contributed by atoms with E-state index >= 15 is 0 Å². The Hall–Kier alpha value is -1.69. The van der Waals surface area contributed by atoms with Crippen LogP contribution in [-0.4, -0.2) is 35.5 Å². The summed E-state index contributed by atoms with van der Waals surface area (Å²) in [6, 6.07) is 0. The molecule has 2 rings (SSSR count). The maximum atomic E-state index is 12.4. The van der Waals surface area contributed by atoms with Gasteiger partial charge >= 0.3 is 0 Å². The molecule has 0 bridgehead atoms. The first-order valence-electron chi connectivity index (χ1n) is 7.91. The molecule has 5 nitrogen and oxygen atoms in total. The molecule has 1 N–H and O–H groups in total. The molecule has 0 radical (unpaired) electrons. The fourth-order valence-corrected chi connectivity index (χ4v) is 3.55. The Kier molecular flexibility index (Phi) is 5.71. The largest absolute Gasteiger partial charge is 0.357 e. The van der Waals surface area contributed by atoms with Gasteiger partial charge in [0.25, 0.3) is 5.91 Å². The number of hydrogen-bond acceptors (Lipinski definition) is 5. The van der Waals surface area contributed by atoms with E-state index in [1.807, 2.05) is 6.92 Å². The Bertz CT molecular complexity index is 649. The zero-order valence-electron chi connectivity index (χ0n) is 13.8. The highest BCUT2D eigenvalue weighted by Gasteiger charge is 2.20. The minimum atomic E-state index is -0.000512. The van der Waals surface area contributed by atoms with Gasteiger partial charge in [0.15, 0.2) is 0 Å². The van der Waals surface area contributed by atoms with Gasteiger partial charge in [-0.1, -0.05) is 13.3 Å². The lowest BCUT2D eigenvalue weighted by atomic mass is 10.2. The normalized spacial score (nSPS) is 10.9. The molecule has 0 saturated heterocycles. The fraction of sp³-hybridized carbons (Fsp3) is 0.562. The van der Waals surface area contributed by atoms with Crippen molar-refractivity contribution in [2.24, 2.45) is 0 Å². The van der Waals surface area contributed by atoms with Crippen LogP contribution in [0.3, 0.4) is 0 Å². The number of fused-ring (bicyclic) bond motifs is 1. The van der Waals surface area contributed by atoms with Crippen LogP contribution < -0.4 is 10.2 Å². The number of hydrogen-bond donors (Lipinski definition) is 1. The van der Waals surface area contributed by atoms with Crippen molar-refractivity contribution in [3.8, 4) is 0 Å². The van der Waals surface area contributed by atoms with Gasteiger partial charge in [0.1, 0.15) is 17.0 Å². The van der Waals surface area contributed by atoms with Crippen molar-refractivity contribution in [1.82, 2.24) is 15.3 Å². The quantitative estimate of drug-likeness (QED) is 0.795. The number of carbonyl (C=O) groups excluding carboxylic acids is 1. The van der Waals surface area contributed by atoms with Crippen molar-refractivity contribution in [2.75, 3.05) is 24.5 Å². The molecule has 0 aliphatic carbocycles. The Labute approximate surface area is 135 Å². The topological polar surface area (TPSA) is 58.1 Å². The predicted molar refractivity (Wildman–Crippen MR) is 93.0 cm³/mol. The third kappa shape index (κ3) is 3.21. The number of thiophene rings is 1. The van der Waals surface area contributed by atoms with Gasteiger partial charge in [-0.3, -0.25) is 4.79 Å². The maximum absolute atomic E-state index is 12.4. The van der Waals surface area contributed by atoms with Crippen molar-refractivity contribution in [1.29, 1.82) is 0 Å². The van der Waals surface area contributed by atoms with Crippen molar-refractivity contribution >= 4 is 33.3 Å². The third-order valence-electron chi connectivity index (χ3n) is 3.79. The second-order valence-electron chi connectivity index (χ2n) is 5.22. The second kappa shape index (κ2) is 7.54. The van der Waals surface area contributed by atoms with Crippen molar-refractivity contribution in [2.45, 2.75) is 40.5 Å². The number of anilines is 1. The molecular weight excluding hydrogens is 296 g/mol. The van der Waals surface area contributed by atoms with Crippen LogP contribution in [0.15, 0.2) is 6.33 Å². The van der Waals surface area contributed by atoms with Crippen LogP contribution in [0.5, 0.6) is 0 Å². The van der Waals surface area contributed by atoms with E-state index in [1.54, 1.807) is 6.33 Å². The zero-order chi connectivity index (χ0) is 16.1. The number of nitrogens with one attached hydrogen (secondary N) is 1. The number of unbranched alkanes of at least 4 members (excludes halogenated alkanes) is 1. The van der Waals surface area contributed by atoms with E-state index in [0.717, 1.165) is 59.0 Å². The summed E-state index contributed by atoms with van der Waals surface area (Å²) in [6.45, 7) is 10.8. The van der Waals surface area contributed by atoms with Crippen LogP contribution in [0.25, 0.3) is 10.2 Å². The number of nitrogens with zero attached hydrogens (tertiary/aromatic N) is 3. The van der Waals surface area contributed by atoms with E-state index in [1.165, 1.54) is 11.3 Å². The minimum Gasteiger partial charge on any atom is -0.357 e. The monoisotopic (exact) mass is 320 g/mol. The fourth-order valence-electron chi connectivity index (χ4n) is 2.49. The predicted octanol–water partition coefficient (Wildman–Crippen LogP) is 3.38. The average Bonchev–Trinajstić information content (AvgIpc) is 2.87. The van der Waals surface area contributed by atoms with Gasteiger partial charge in [-0.25, -0.2) is 9.97 Å². The molecule has 2 aromatic rings. The Morgan fingerprint density at radius 3 is 2.64 bits per heavy atom. The second-order valence-corrected chi connectivity index (χ2v) is 6.21. The van der Waals surface area contributed by atoms with E-state index in [-0.39, 0.29) is 5.91 Å². The summed E-state index contributed by atoms with van der Waals surface area (Å²) < 4.78 is 0. The first-order chi connectivity index (χ1) is 10.6. The lowest BCUT2D eigenvalue weighted by molar-refractivity contribution is 0.0957.